The summed E-state index contributed by atoms with van der Waals surface area (Å²) in [5.41, 5.74) is 0. The Morgan fingerprint density at radius 3 is 2.89 bits per heavy atom. The van der Waals surface area contributed by atoms with E-state index < -0.39 is 0 Å². The number of piperazine rings is 1. The zero-order valence-electron chi connectivity index (χ0n) is 10.7. The predicted molar refractivity (Wildman–Crippen MR) is 65.6 cm³/mol. The number of nitrogens with zero attached hydrogens (tertiary/aromatic N) is 2. The summed E-state index contributed by atoms with van der Waals surface area (Å²) in [6.45, 7) is 2.95. The lowest BCUT2D eigenvalue weighted by atomic mass is 10.00. The third-order valence-electron chi connectivity index (χ3n) is 3.58. The van der Waals surface area contributed by atoms with Crippen molar-refractivity contribution in [1.29, 1.82) is 0 Å². The average Bonchev–Trinajstić information content (AvgIpc) is 2.91. The van der Waals surface area contributed by atoms with Gasteiger partial charge in [-0.3, -0.25) is 4.79 Å². The van der Waals surface area contributed by atoms with Crippen molar-refractivity contribution in [1.82, 2.24) is 20.8 Å². The molecule has 7 heteroatoms. The molecule has 0 bridgehead atoms. The minimum absolute atomic E-state index is 0.00272. The van der Waals surface area contributed by atoms with E-state index in [1.807, 2.05) is 0 Å². The van der Waals surface area contributed by atoms with Crippen LogP contribution in [0.15, 0.2) is 4.52 Å². The third kappa shape index (κ3) is 2.93. The molecule has 19 heavy (non-hydrogen) atoms. The number of ether oxygens (including phenoxy) is 1. The van der Waals surface area contributed by atoms with Crippen LogP contribution in [0, 0.1) is 0 Å². The van der Waals surface area contributed by atoms with Crippen molar-refractivity contribution >= 4 is 5.91 Å². The predicted octanol–water partition coefficient (Wildman–Crippen LogP) is -0.406. The van der Waals surface area contributed by atoms with E-state index in [2.05, 4.69) is 20.8 Å². The standard InChI is InChI=1S/C12H18N4O3/c17-12-9(13-3-4-14-12)7-10-15-11(16-19-10)8-1-5-18-6-2-8/h8-9,13H,1-7H2,(H,14,17). The monoisotopic (exact) mass is 266 g/mol. The van der Waals surface area contributed by atoms with Gasteiger partial charge in [-0.15, -0.1) is 0 Å². The normalized spacial score (nSPS) is 25.3. The van der Waals surface area contributed by atoms with Crippen molar-refractivity contribution < 1.29 is 14.1 Å². The molecular weight excluding hydrogens is 248 g/mol. The molecule has 1 atom stereocenters. The maximum absolute atomic E-state index is 11.6. The summed E-state index contributed by atoms with van der Waals surface area (Å²) in [7, 11) is 0. The van der Waals surface area contributed by atoms with Gasteiger partial charge in [-0.25, -0.2) is 0 Å². The van der Waals surface area contributed by atoms with E-state index in [1.165, 1.54) is 0 Å². The number of carbonyl (C=O) groups is 1. The number of nitrogens with one attached hydrogen (secondary N) is 2. The van der Waals surface area contributed by atoms with Crippen molar-refractivity contribution in [2.75, 3.05) is 26.3 Å². The van der Waals surface area contributed by atoms with Crippen LogP contribution >= 0.6 is 0 Å². The summed E-state index contributed by atoms with van der Waals surface area (Å²) in [4.78, 5) is 16.0. The molecule has 3 rings (SSSR count). The summed E-state index contributed by atoms with van der Waals surface area (Å²) in [5.74, 6) is 1.59. The van der Waals surface area contributed by atoms with Gasteiger partial charge in [0.05, 0.1) is 12.5 Å². The molecule has 1 aromatic heterocycles. The second-order valence-corrected chi connectivity index (χ2v) is 4.93. The summed E-state index contributed by atoms with van der Waals surface area (Å²) in [6.07, 6.45) is 2.31. The lowest BCUT2D eigenvalue weighted by molar-refractivity contribution is -0.124. The van der Waals surface area contributed by atoms with Crippen LogP contribution in [0.3, 0.4) is 0 Å². The minimum Gasteiger partial charge on any atom is -0.381 e. The van der Waals surface area contributed by atoms with E-state index in [0.29, 0.717) is 24.8 Å². The summed E-state index contributed by atoms with van der Waals surface area (Å²) < 4.78 is 10.6. The Morgan fingerprint density at radius 1 is 1.26 bits per heavy atom. The Kier molecular flexibility index (Phi) is 3.74. The molecule has 3 heterocycles. The highest BCUT2D eigenvalue weighted by Crippen LogP contribution is 2.24. The van der Waals surface area contributed by atoms with Gasteiger partial charge in [-0.2, -0.15) is 4.98 Å². The fourth-order valence-electron chi connectivity index (χ4n) is 2.46. The molecule has 0 spiro atoms. The highest BCUT2D eigenvalue weighted by molar-refractivity contribution is 5.82. The molecule has 7 nitrogen and oxygen atoms in total. The number of rotatable bonds is 3. The number of aromatic nitrogens is 2. The molecule has 0 radical (unpaired) electrons. The van der Waals surface area contributed by atoms with Crippen molar-refractivity contribution in [3.05, 3.63) is 11.7 Å². The zero-order chi connectivity index (χ0) is 13.1. The molecule has 1 aromatic rings. The van der Waals surface area contributed by atoms with Crippen molar-refractivity contribution in [3.63, 3.8) is 0 Å². The first kappa shape index (κ1) is 12.6. The number of amides is 1. The Hall–Kier alpha value is -1.47. The van der Waals surface area contributed by atoms with Gasteiger partial charge in [0.2, 0.25) is 11.8 Å². The van der Waals surface area contributed by atoms with Crippen LogP contribution in [0.5, 0.6) is 0 Å². The molecule has 2 N–H and O–H groups in total. The van der Waals surface area contributed by atoms with E-state index in [1.54, 1.807) is 0 Å². The van der Waals surface area contributed by atoms with Gasteiger partial charge in [-0.1, -0.05) is 5.16 Å². The highest BCUT2D eigenvalue weighted by Gasteiger charge is 2.26. The van der Waals surface area contributed by atoms with E-state index in [4.69, 9.17) is 9.26 Å². The largest absolute Gasteiger partial charge is 0.381 e. The van der Waals surface area contributed by atoms with Gasteiger partial charge in [0.25, 0.3) is 0 Å². The van der Waals surface area contributed by atoms with Crippen LogP contribution in [0.25, 0.3) is 0 Å². The van der Waals surface area contributed by atoms with Gasteiger partial charge in [0.1, 0.15) is 0 Å². The van der Waals surface area contributed by atoms with Gasteiger partial charge in [0, 0.05) is 32.2 Å². The van der Waals surface area contributed by atoms with Crippen LogP contribution in [0.1, 0.15) is 30.5 Å². The fourth-order valence-corrected chi connectivity index (χ4v) is 2.46. The lowest BCUT2D eigenvalue weighted by Crippen LogP contribution is -2.53. The van der Waals surface area contributed by atoms with E-state index in [0.717, 1.165) is 38.4 Å². The number of hydrogen-bond acceptors (Lipinski definition) is 6. The summed E-state index contributed by atoms with van der Waals surface area (Å²) in [5, 5.41) is 9.99. The second-order valence-electron chi connectivity index (χ2n) is 4.93. The first-order valence-corrected chi connectivity index (χ1v) is 6.74. The average molecular weight is 266 g/mol. The maximum Gasteiger partial charge on any atom is 0.237 e. The number of carbonyl (C=O) groups excluding carboxylic acids is 1. The zero-order valence-corrected chi connectivity index (χ0v) is 10.7. The van der Waals surface area contributed by atoms with Crippen molar-refractivity contribution in [2.45, 2.75) is 31.2 Å². The van der Waals surface area contributed by atoms with Crippen LogP contribution < -0.4 is 10.6 Å². The topological polar surface area (TPSA) is 89.3 Å². The molecule has 2 aliphatic heterocycles. The first-order chi connectivity index (χ1) is 9.33. The van der Waals surface area contributed by atoms with Crippen LogP contribution in [0.2, 0.25) is 0 Å². The molecule has 2 aliphatic rings. The van der Waals surface area contributed by atoms with Crippen LogP contribution in [0.4, 0.5) is 0 Å². The van der Waals surface area contributed by atoms with Crippen molar-refractivity contribution in [3.8, 4) is 0 Å². The minimum atomic E-state index is -0.267. The van der Waals surface area contributed by atoms with Gasteiger partial charge in [-0.05, 0) is 12.8 Å². The van der Waals surface area contributed by atoms with Gasteiger partial charge >= 0.3 is 0 Å². The molecule has 1 unspecified atom stereocenters. The quantitative estimate of drug-likeness (QED) is 0.773. The van der Waals surface area contributed by atoms with Gasteiger partial charge < -0.3 is 19.9 Å². The maximum atomic E-state index is 11.6. The molecule has 0 aromatic carbocycles. The van der Waals surface area contributed by atoms with Crippen molar-refractivity contribution in [2.24, 2.45) is 0 Å². The van der Waals surface area contributed by atoms with Crippen LogP contribution in [-0.4, -0.2) is 48.4 Å². The molecule has 2 saturated heterocycles. The molecule has 2 fully saturated rings. The van der Waals surface area contributed by atoms with E-state index in [9.17, 15) is 4.79 Å². The smallest absolute Gasteiger partial charge is 0.237 e. The van der Waals surface area contributed by atoms with E-state index in [-0.39, 0.29) is 11.9 Å². The SMILES string of the molecule is O=C1NCCNC1Cc1nc(C2CCOCC2)no1. The van der Waals surface area contributed by atoms with Gasteiger partial charge in [0.15, 0.2) is 5.82 Å². The second kappa shape index (κ2) is 5.66. The van der Waals surface area contributed by atoms with E-state index >= 15 is 0 Å². The summed E-state index contributed by atoms with van der Waals surface area (Å²) >= 11 is 0. The van der Waals surface area contributed by atoms with Crippen LogP contribution in [-0.2, 0) is 16.0 Å². The Bertz CT molecular complexity index is 442. The molecule has 104 valence electrons. The summed E-state index contributed by atoms with van der Waals surface area (Å²) in [6, 6.07) is -0.267. The lowest BCUT2D eigenvalue weighted by Gasteiger charge is -2.21. The Labute approximate surface area is 111 Å². The fraction of sp³-hybridized carbons (Fsp3) is 0.750. The Balaban J connectivity index is 1.62. The molecule has 0 aliphatic carbocycles. The first-order valence-electron chi connectivity index (χ1n) is 6.74. The molecule has 1 amide bonds. The number of hydrogen-bond donors (Lipinski definition) is 2. The Morgan fingerprint density at radius 2 is 2.11 bits per heavy atom. The third-order valence-corrected chi connectivity index (χ3v) is 3.58. The highest BCUT2D eigenvalue weighted by atomic mass is 16.5. The molecule has 0 saturated carbocycles. The molecular formula is C12H18N4O3.